The van der Waals surface area contributed by atoms with Gasteiger partial charge in [-0.25, -0.2) is 0 Å². The highest BCUT2D eigenvalue weighted by Crippen LogP contribution is 2.41. The lowest BCUT2D eigenvalue weighted by molar-refractivity contribution is 0.255. The summed E-state index contributed by atoms with van der Waals surface area (Å²) in [6, 6.07) is 0. The summed E-state index contributed by atoms with van der Waals surface area (Å²) in [6.07, 6.45) is 9.65. The van der Waals surface area contributed by atoms with Gasteiger partial charge in [0.05, 0.1) is 0 Å². The molecule has 0 spiro atoms. The quantitative estimate of drug-likeness (QED) is 0.640. The molecule has 0 aromatic rings. The molecule has 0 amide bonds. The number of hydrogen-bond donors (Lipinski definition) is 0. The predicted molar refractivity (Wildman–Crippen MR) is 68.0 cm³/mol. The van der Waals surface area contributed by atoms with Gasteiger partial charge in [-0.15, -0.1) is 0 Å². The molecule has 0 saturated carbocycles. The Labute approximate surface area is 94.9 Å². The van der Waals surface area contributed by atoms with Crippen LogP contribution in [0.4, 0.5) is 0 Å². The van der Waals surface area contributed by atoms with Crippen LogP contribution in [-0.4, -0.2) is 25.5 Å². The monoisotopic (exact) mass is 207 g/mol. The summed E-state index contributed by atoms with van der Waals surface area (Å²) in [6.45, 7) is 8.08. The zero-order chi connectivity index (χ0) is 11.5. The molecule has 1 aliphatic rings. The van der Waals surface area contributed by atoms with E-state index < -0.39 is 0 Å². The molecule has 0 radical (unpaired) electrons. The molecule has 0 bridgehead atoms. The third-order valence-corrected chi connectivity index (χ3v) is 3.39. The van der Waals surface area contributed by atoms with Gasteiger partial charge >= 0.3 is 0 Å². The normalized spacial score (nSPS) is 26.0. The summed E-state index contributed by atoms with van der Waals surface area (Å²) in [5, 5.41) is 0. The van der Waals surface area contributed by atoms with Crippen molar-refractivity contribution in [1.82, 2.24) is 4.90 Å². The topological polar surface area (TPSA) is 3.24 Å². The second kappa shape index (κ2) is 4.98. The van der Waals surface area contributed by atoms with E-state index in [1.807, 2.05) is 0 Å². The summed E-state index contributed by atoms with van der Waals surface area (Å²) in [7, 11) is 4.22. The Bertz CT molecular complexity index is 259. The van der Waals surface area contributed by atoms with Crippen molar-refractivity contribution >= 4 is 0 Å². The van der Waals surface area contributed by atoms with Crippen molar-refractivity contribution in [3.05, 3.63) is 23.8 Å². The molecular weight excluding hydrogens is 182 g/mol. The summed E-state index contributed by atoms with van der Waals surface area (Å²) in [4.78, 5) is 2.20. The van der Waals surface area contributed by atoms with Gasteiger partial charge in [0.2, 0.25) is 0 Å². The first-order chi connectivity index (χ1) is 6.93. The molecule has 0 N–H and O–H groups in total. The molecule has 86 valence electrons. The van der Waals surface area contributed by atoms with Crippen molar-refractivity contribution in [3.8, 4) is 0 Å². The van der Waals surface area contributed by atoms with Crippen LogP contribution >= 0.6 is 0 Å². The summed E-state index contributed by atoms with van der Waals surface area (Å²) in [5.41, 5.74) is 1.98. The summed E-state index contributed by atoms with van der Waals surface area (Å²) < 4.78 is 0. The lowest BCUT2D eigenvalue weighted by Crippen LogP contribution is -2.26. The lowest BCUT2D eigenvalue weighted by Gasteiger charge is -2.36. The van der Waals surface area contributed by atoms with Crippen LogP contribution in [0, 0.1) is 11.3 Å². The van der Waals surface area contributed by atoms with Crippen molar-refractivity contribution in [2.45, 2.75) is 33.6 Å². The van der Waals surface area contributed by atoms with Gasteiger partial charge in [-0.05, 0) is 39.3 Å². The Morgan fingerprint density at radius 2 is 2.13 bits per heavy atom. The smallest absolute Gasteiger partial charge is 0.0157 e. The maximum absolute atomic E-state index is 2.40. The number of rotatable bonds is 3. The van der Waals surface area contributed by atoms with E-state index in [0.717, 1.165) is 6.54 Å². The number of nitrogens with zero attached hydrogens (tertiary/aromatic N) is 1. The van der Waals surface area contributed by atoms with Crippen LogP contribution in [0.25, 0.3) is 0 Å². The minimum atomic E-state index is 0.432. The first kappa shape index (κ1) is 12.5. The van der Waals surface area contributed by atoms with E-state index in [2.05, 4.69) is 58.0 Å². The largest absolute Gasteiger partial charge is 0.306 e. The second-order valence-corrected chi connectivity index (χ2v) is 5.64. The minimum Gasteiger partial charge on any atom is -0.306 e. The molecule has 15 heavy (non-hydrogen) atoms. The van der Waals surface area contributed by atoms with Gasteiger partial charge in [-0.2, -0.15) is 0 Å². The van der Waals surface area contributed by atoms with Crippen LogP contribution in [-0.2, 0) is 0 Å². The van der Waals surface area contributed by atoms with Gasteiger partial charge in [0.1, 0.15) is 0 Å². The molecule has 0 aromatic heterocycles. The molecule has 1 aliphatic carbocycles. The molecule has 0 fully saturated rings. The fourth-order valence-electron chi connectivity index (χ4n) is 2.39. The molecule has 1 unspecified atom stereocenters. The average molecular weight is 207 g/mol. The first-order valence-electron chi connectivity index (χ1n) is 5.91. The molecule has 1 atom stereocenters. The van der Waals surface area contributed by atoms with Crippen LogP contribution in [0.3, 0.4) is 0 Å². The maximum atomic E-state index is 2.40. The number of likely N-dealkylation sites (N-methyl/N-ethyl adjacent to an activating group) is 1. The SMILES string of the molecule is CC1=CCCC(C)(C)C1/C=C/CN(C)C. The fraction of sp³-hybridized carbons (Fsp3) is 0.714. The van der Waals surface area contributed by atoms with Crippen LogP contribution in [0.2, 0.25) is 0 Å². The van der Waals surface area contributed by atoms with E-state index >= 15 is 0 Å². The standard InChI is InChI=1S/C14H25N/c1-12-8-6-10-14(2,3)13(12)9-7-11-15(4)5/h7-9,13H,6,10-11H2,1-5H3/b9-7+. The summed E-state index contributed by atoms with van der Waals surface area (Å²) >= 11 is 0. The van der Waals surface area contributed by atoms with Gasteiger partial charge in [0.25, 0.3) is 0 Å². The third kappa shape index (κ3) is 3.49. The number of hydrogen-bond acceptors (Lipinski definition) is 1. The van der Waals surface area contributed by atoms with Gasteiger partial charge < -0.3 is 4.90 Å². The Hall–Kier alpha value is -0.560. The van der Waals surface area contributed by atoms with E-state index in [0.29, 0.717) is 11.3 Å². The van der Waals surface area contributed by atoms with E-state index in [1.54, 1.807) is 5.57 Å². The zero-order valence-electron chi connectivity index (χ0n) is 10.9. The first-order valence-corrected chi connectivity index (χ1v) is 5.91. The molecule has 0 aliphatic heterocycles. The van der Waals surface area contributed by atoms with Crippen molar-refractivity contribution < 1.29 is 0 Å². The van der Waals surface area contributed by atoms with Crippen LogP contribution in [0.1, 0.15) is 33.6 Å². The molecule has 1 nitrogen and oxygen atoms in total. The summed E-state index contributed by atoms with van der Waals surface area (Å²) in [5.74, 6) is 0.631. The molecule has 1 rings (SSSR count). The third-order valence-electron chi connectivity index (χ3n) is 3.39. The van der Waals surface area contributed by atoms with Gasteiger partial charge in [-0.1, -0.05) is 37.6 Å². The highest BCUT2D eigenvalue weighted by molar-refractivity contribution is 5.18. The Balaban J connectivity index is 2.68. The van der Waals surface area contributed by atoms with Gasteiger partial charge in [0.15, 0.2) is 0 Å². The van der Waals surface area contributed by atoms with Crippen molar-refractivity contribution in [1.29, 1.82) is 0 Å². The van der Waals surface area contributed by atoms with Crippen molar-refractivity contribution in [3.63, 3.8) is 0 Å². The Morgan fingerprint density at radius 1 is 1.47 bits per heavy atom. The lowest BCUT2D eigenvalue weighted by atomic mass is 9.68. The van der Waals surface area contributed by atoms with Gasteiger partial charge in [0, 0.05) is 12.5 Å². The van der Waals surface area contributed by atoms with Crippen LogP contribution < -0.4 is 0 Å². The predicted octanol–water partition coefficient (Wildman–Crippen LogP) is 3.49. The molecule has 0 heterocycles. The highest BCUT2D eigenvalue weighted by Gasteiger charge is 2.30. The number of allylic oxidation sites excluding steroid dienone is 3. The van der Waals surface area contributed by atoms with Gasteiger partial charge in [-0.3, -0.25) is 0 Å². The molecule has 1 heteroatoms. The fourth-order valence-corrected chi connectivity index (χ4v) is 2.39. The van der Waals surface area contributed by atoms with Crippen LogP contribution in [0.5, 0.6) is 0 Å². The molecule has 0 saturated heterocycles. The minimum absolute atomic E-state index is 0.432. The maximum Gasteiger partial charge on any atom is 0.0157 e. The van der Waals surface area contributed by atoms with E-state index in [1.165, 1.54) is 12.8 Å². The van der Waals surface area contributed by atoms with E-state index in [9.17, 15) is 0 Å². The van der Waals surface area contributed by atoms with Crippen LogP contribution in [0.15, 0.2) is 23.8 Å². The van der Waals surface area contributed by atoms with Crippen molar-refractivity contribution in [2.24, 2.45) is 11.3 Å². The second-order valence-electron chi connectivity index (χ2n) is 5.64. The Morgan fingerprint density at radius 3 is 2.67 bits per heavy atom. The van der Waals surface area contributed by atoms with E-state index in [4.69, 9.17) is 0 Å². The highest BCUT2D eigenvalue weighted by atomic mass is 15.0. The van der Waals surface area contributed by atoms with Crippen molar-refractivity contribution in [2.75, 3.05) is 20.6 Å². The molecular formula is C14H25N. The average Bonchev–Trinajstić information content (AvgIpc) is 2.09. The Kier molecular flexibility index (Phi) is 4.15. The zero-order valence-corrected chi connectivity index (χ0v) is 10.9. The van der Waals surface area contributed by atoms with E-state index in [-0.39, 0.29) is 0 Å². The molecule has 0 aromatic carbocycles.